The fraction of sp³-hybridized carbons (Fsp3) is 0.406. The lowest BCUT2D eigenvalue weighted by Crippen LogP contribution is -2.33. The number of hydrogen-bond donors (Lipinski definition) is 5. The Morgan fingerprint density at radius 2 is 1.84 bits per heavy atom. The number of thioether (sulfide) groups is 1. The summed E-state index contributed by atoms with van der Waals surface area (Å²) in [6.45, 7) is 1.36. The maximum Gasteiger partial charge on any atom is 0.269 e. The predicted octanol–water partition coefficient (Wildman–Crippen LogP) is 3.41. The number of fused-ring (bicyclic) bond motifs is 1. The Morgan fingerprint density at radius 3 is 2.61 bits per heavy atom. The first kappa shape index (κ1) is 36.4. The molecule has 0 bridgehead atoms. The number of nitrogens with zero attached hydrogens (tertiary/aromatic N) is 5. The molecule has 1 aliphatic heterocycles. The van der Waals surface area contributed by atoms with E-state index in [-0.39, 0.29) is 17.5 Å². The van der Waals surface area contributed by atoms with Gasteiger partial charge in [-0.3, -0.25) is 24.3 Å². The molecule has 260 valence electrons. The van der Waals surface area contributed by atoms with E-state index in [9.17, 15) is 29.9 Å². The number of aromatic nitrogens is 4. The number of halogens is 1. The minimum atomic E-state index is -1.22. The number of amides is 2. The maximum absolute atomic E-state index is 12.2. The van der Waals surface area contributed by atoms with E-state index in [4.69, 9.17) is 4.74 Å². The summed E-state index contributed by atoms with van der Waals surface area (Å²) < 4.78 is 8.62. The molecule has 0 unspecified atom stereocenters. The van der Waals surface area contributed by atoms with Crippen LogP contribution in [-0.4, -0.2) is 89.4 Å². The third kappa shape index (κ3) is 9.84. The number of rotatable bonds is 17. The summed E-state index contributed by atoms with van der Waals surface area (Å²) in [5.74, 6) is 1.32. The van der Waals surface area contributed by atoms with Gasteiger partial charge in [0.15, 0.2) is 23.2 Å². The minimum Gasteiger partial charge on any atom is -0.387 e. The highest BCUT2D eigenvalue weighted by Crippen LogP contribution is 2.33. The molecule has 15 nitrogen and oxygen atoms in total. The molecule has 17 heteroatoms. The zero-order valence-corrected chi connectivity index (χ0v) is 29.4. The lowest BCUT2D eigenvalue weighted by molar-refractivity contribution is -0.384. The van der Waals surface area contributed by atoms with Crippen molar-refractivity contribution in [3.05, 3.63) is 86.0 Å². The molecule has 5 N–H and O–H groups in total. The number of nitro groups is 1. The zero-order valence-electron chi connectivity index (χ0n) is 26.4. The van der Waals surface area contributed by atoms with Crippen molar-refractivity contribution in [3.8, 4) is 0 Å². The van der Waals surface area contributed by atoms with E-state index >= 15 is 0 Å². The van der Waals surface area contributed by atoms with Crippen molar-refractivity contribution in [3.63, 3.8) is 0 Å². The number of non-ortho nitro benzene ring substituents is 1. The molecular formula is C32H37IN8O7S. The Hall–Kier alpha value is -3.91. The Balaban J connectivity index is 0.994. The van der Waals surface area contributed by atoms with Crippen LogP contribution in [0, 0.1) is 13.7 Å². The van der Waals surface area contributed by atoms with Crippen molar-refractivity contribution < 1.29 is 29.5 Å². The molecule has 2 aromatic heterocycles. The van der Waals surface area contributed by atoms with E-state index in [1.807, 2.05) is 18.2 Å². The molecule has 1 fully saturated rings. The molecule has 1 saturated heterocycles. The third-order valence-corrected chi connectivity index (χ3v) is 9.61. The van der Waals surface area contributed by atoms with E-state index in [0.29, 0.717) is 60.1 Å². The Morgan fingerprint density at radius 1 is 1.02 bits per heavy atom. The fourth-order valence-electron chi connectivity index (χ4n) is 5.26. The average molecular weight is 809 g/mol. The van der Waals surface area contributed by atoms with Crippen LogP contribution in [0.1, 0.15) is 47.8 Å². The van der Waals surface area contributed by atoms with E-state index in [0.717, 1.165) is 28.4 Å². The standard InChI is InChI=1S/C32H37IN8O7S/c33-22-6-4-5-21(15-22)31(45)35-12-3-1-2-7-25(42)34-13-14-49-17-24-27(43)28(44)32(48-24)40-19-39-26-29(37-18-38-30(26)40)36-16-20-8-10-23(11-9-20)41(46)47/h4-6,8-11,15,18-19,24,27-28,32,43-44H,1-3,7,12-14,16-17H2,(H,34,42)(H,35,45)(H,36,37,38)/t24-,27-,28-,32-/m1/s1/i33+4. The number of ether oxygens (including phenoxy) is 1. The van der Waals surface area contributed by atoms with Gasteiger partial charge in [-0.2, -0.15) is 11.8 Å². The van der Waals surface area contributed by atoms with Gasteiger partial charge in [-0.1, -0.05) is 24.6 Å². The van der Waals surface area contributed by atoms with Crippen molar-refractivity contribution >= 4 is 68.8 Å². The number of carbonyl (C=O) groups excluding carboxylic acids is 2. The van der Waals surface area contributed by atoms with Crippen LogP contribution in [0.25, 0.3) is 11.2 Å². The van der Waals surface area contributed by atoms with Gasteiger partial charge >= 0.3 is 0 Å². The molecule has 2 amide bonds. The summed E-state index contributed by atoms with van der Waals surface area (Å²) in [6.07, 6.45) is 1.66. The van der Waals surface area contributed by atoms with E-state index in [2.05, 4.69) is 53.5 Å². The summed E-state index contributed by atoms with van der Waals surface area (Å²) in [6, 6.07) is 13.6. The number of hydrogen-bond acceptors (Lipinski definition) is 12. The molecule has 4 atom stereocenters. The Bertz CT molecular complexity index is 1740. The monoisotopic (exact) mass is 808 g/mol. The first-order valence-corrected chi connectivity index (χ1v) is 18.0. The van der Waals surface area contributed by atoms with E-state index in [1.54, 1.807) is 22.8 Å². The van der Waals surface area contributed by atoms with E-state index < -0.39 is 29.5 Å². The van der Waals surface area contributed by atoms with Gasteiger partial charge in [0, 0.05) is 58.8 Å². The smallest absolute Gasteiger partial charge is 0.269 e. The van der Waals surface area contributed by atoms with Gasteiger partial charge in [-0.25, -0.2) is 15.0 Å². The summed E-state index contributed by atoms with van der Waals surface area (Å²) >= 11 is 3.67. The number of unbranched alkanes of at least 4 members (excludes halogenated alkanes) is 2. The number of carbonyl (C=O) groups is 2. The molecule has 0 spiro atoms. The van der Waals surface area contributed by atoms with Gasteiger partial charge in [-0.15, -0.1) is 0 Å². The average Bonchev–Trinajstić information content (AvgIpc) is 3.65. The van der Waals surface area contributed by atoms with Gasteiger partial charge in [0.2, 0.25) is 5.91 Å². The van der Waals surface area contributed by atoms with Gasteiger partial charge < -0.3 is 30.9 Å². The molecule has 5 rings (SSSR count). The minimum absolute atomic E-state index is 0.00445. The number of aliphatic hydroxyl groups is 2. The van der Waals surface area contributed by atoms with Crippen molar-refractivity contribution in [1.82, 2.24) is 30.2 Å². The van der Waals surface area contributed by atoms with Crippen LogP contribution >= 0.6 is 34.4 Å². The topological polar surface area (TPSA) is 207 Å². The van der Waals surface area contributed by atoms with Crippen LogP contribution in [0.2, 0.25) is 0 Å². The van der Waals surface area contributed by atoms with Crippen LogP contribution < -0.4 is 16.0 Å². The first-order valence-electron chi connectivity index (χ1n) is 15.8. The van der Waals surface area contributed by atoms with Crippen LogP contribution in [0.5, 0.6) is 0 Å². The Labute approximate surface area is 299 Å². The van der Waals surface area contributed by atoms with Crippen LogP contribution in [0.15, 0.2) is 61.2 Å². The van der Waals surface area contributed by atoms with Crippen molar-refractivity contribution in [1.29, 1.82) is 0 Å². The van der Waals surface area contributed by atoms with Crippen molar-refractivity contribution in [2.24, 2.45) is 0 Å². The highest BCUT2D eigenvalue weighted by molar-refractivity contribution is 14.1. The predicted molar refractivity (Wildman–Crippen MR) is 192 cm³/mol. The Kier molecular flexibility index (Phi) is 13.1. The second kappa shape index (κ2) is 17.7. The van der Waals surface area contributed by atoms with E-state index in [1.165, 1.54) is 36.5 Å². The number of aliphatic hydroxyl groups excluding tert-OH is 2. The normalized spacial score (nSPS) is 18.8. The van der Waals surface area contributed by atoms with Gasteiger partial charge in [-0.05, 0) is 59.2 Å². The highest BCUT2D eigenvalue weighted by Gasteiger charge is 2.44. The first-order chi connectivity index (χ1) is 23.7. The number of nitrogens with one attached hydrogen (secondary N) is 3. The molecule has 0 radical (unpaired) electrons. The summed E-state index contributed by atoms with van der Waals surface area (Å²) in [5, 5.41) is 41.4. The maximum atomic E-state index is 12.2. The van der Waals surface area contributed by atoms with Crippen molar-refractivity contribution in [2.45, 2.75) is 56.8 Å². The highest BCUT2D eigenvalue weighted by atomic mass is 131. The lowest BCUT2D eigenvalue weighted by Gasteiger charge is -2.16. The second-order valence-electron chi connectivity index (χ2n) is 11.4. The van der Waals surface area contributed by atoms with Gasteiger partial charge in [0.25, 0.3) is 11.6 Å². The van der Waals surface area contributed by atoms with Crippen LogP contribution in [0.4, 0.5) is 11.5 Å². The molecule has 3 heterocycles. The zero-order chi connectivity index (χ0) is 34.8. The number of imidazole rings is 1. The summed E-state index contributed by atoms with van der Waals surface area (Å²) in [4.78, 5) is 47.9. The number of nitro benzene ring substituents is 1. The third-order valence-electron chi connectivity index (χ3n) is 7.88. The molecule has 49 heavy (non-hydrogen) atoms. The molecule has 1 aliphatic rings. The lowest BCUT2D eigenvalue weighted by atomic mass is 10.1. The van der Waals surface area contributed by atoms with Crippen LogP contribution in [-0.2, 0) is 16.1 Å². The quantitative estimate of drug-likeness (QED) is 0.0451. The van der Waals surface area contributed by atoms with Gasteiger partial charge in [0.05, 0.1) is 17.4 Å². The molecular weight excluding hydrogens is 771 g/mol. The SMILES string of the molecule is O=C(CCCCCNC(=O)c1cccc([131I])c1)NCCSC[C@H]1O[C@@H](n2cnc3c(NCc4ccc([N+](=O)[O-])cc4)ncnc32)[C@H](O)[C@@H]1O. The van der Waals surface area contributed by atoms with Gasteiger partial charge in [0.1, 0.15) is 18.5 Å². The number of anilines is 1. The number of benzene rings is 2. The van der Waals surface area contributed by atoms with Crippen molar-refractivity contribution in [2.75, 3.05) is 29.9 Å². The molecule has 4 aromatic rings. The fourth-order valence-corrected chi connectivity index (χ4v) is 6.72. The van der Waals surface area contributed by atoms with Crippen LogP contribution in [0.3, 0.4) is 0 Å². The summed E-state index contributed by atoms with van der Waals surface area (Å²) in [5.41, 5.74) is 2.29. The molecule has 0 aliphatic carbocycles. The largest absolute Gasteiger partial charge is 0.387 e. The second-order valence-corrected chi connectivity index (χ2v) is 13.8. The molecule has 0 saturated carbocycles. The molecule has 2 aromatic carbocycles. The summed E-state index contributed by atoms with van der Waals surface area (Å²) in [7, 11) is 0.